The Labute approximate surface area is 149 Å². The molecule has 0 spiro atoms. The molecule has 0 saturated carbocycles. The fraction of sp³-hybridized carbons (Fsp3) is 0.632. The zero-order chi connectivity index (χ0) is 17.6. The van der Waals surface area contributed by atoms with E-state index in [-0.39, 0.29) is 17.1 Å². The SMILES string of the molecule is NC(=O)C1CCC2N1CCCC([C@@H]1CCCc3ccccc31)S2(=O)=O. The molecule has 2 N–H and O–H groups in total. The minimum atomic E-state index is -3.33. The predicted octanol–water partition coefficient (Wildman–Crippen LogP) is 1.96. The lowest BCUT2D eigenvalue weighted by Gasteiger charge is -2.33. The van der Waals surface area contributed by atoms with E-state index in [0.29, 0.717) is 25.8 Å². The summed E-state index contributed by atoms with van der Waals surface area (Å²) in [6.45, 7) is 0.655. The number of rotatable bonds is 2. The van der Waals surface area contributed by atoms with Crippen LogP contribution in [0.3, 0.4) is 0 Å². The Morgan fingerprint density at radius 2 is 1.88 bits per heavy atom. The van der Waals surface area contributed by atoms with Crippen molar-refractivity contribution < 1.29 is 13.2 Å². The van der Waals surface area contributed by atoms with Gasteiger partial charge in [0, 0.05) is 12.5 Å². The summed E-state index contributed by atoms with van der Waals surface area (Å²) >= 11 is 0. The van der Waals surface area contributed by atoms with Crippen molar-refractivity contribution in [3.8, 4) is 0 Å². The first-order valence-corrected chi connectivity index (χ1v) is 11.0. The standard InChI is InChI=1S/C19H26N2O3S/c20-19(22)16-10-11-18-21(16)12-4-9-17(25(18,23)24)15-8-3-6-13-5-1-2-7-14(13)15/h1-2,5,7,15-18H,3-4,6,8-12H2,(H2,20,22)/t15-,16?,17?,18?/m1/s1. The zero-order valence-electron chi connectivity index (χ0n) is 14.4. The Morgan fingerprint density at radius 1 is 1.08 bits per heavy atom. The Balaban J connectivity index is 1.70. The Bertz CT molecular complexity index is 777. The molecule has 5 nitrogen and oxygen atoms in total. The minimum absolute atomic E-state index is 0.0857. The smallest absolute Gasteiger partial charge is 0.234 e. The van der Waals surface area contributed by atoms with Gasteiger partial charge in [0.05, 0.1) is 11.3 Å². The molecular formula is C19H26N2O3S. The normalized spacial score (nSPS) is 34.7. The first kappa shape index (κ1) is 17.0. The molecule has 0 aromatic heterocycles. The van der Waals surface area contributed by atoms with Crippen molar-refractivity contribution in [2.45, 2.75) is 67.5 Å². The van der Waals surface area contributed by atoms with E-state index in [1.54, 1.807) is 0 Å². The summed E-state index contributed by atoms with van der Waals surface area (Å²) in [4.78, 5) is 13.6. The third-order valence-corrected chi connectivity index (χ3v) is 9.03. The van der Waals surface area contributed by atoms with Gasteiger partial charge in [-0.3, -0.25) is 9.69 Å². The lowest BCUT2D eigenvalue weighted by Crippen LogP contribution is -2.47. The summed E-state index contributed by atoms with van der Waals surface area (Å²) in [7, 11) is -3.33. The Kier molecular flexibility index (Phi) is 4.36. The van der Waals surface area contributed by atoms with Crippen LogP contribution >= 0.6 is 0 Å². The number of fused-ring (bicyclic) bond motifs is 2. The van der Waals surface area contributed by atoms with Gasteiger partial charge in [-0.05, 0) is 56.1 Å². The second kappa shape index (κ2) is 6.40. The molecule has 2 saturated heterocycles. The maximum atomic E-state index is 13.5. The summed E-state index contributed by atoms with van der Waals surface area (Å²) in [6, 6.07) is 7.88. The predicted molar refractivity (Wildman–Crippen MR) is 96.8 cm³/mol. The molecule has 2 fully saturated rings. The van der Waals surface area contributed by atoms with E-state index in [2.05, 4.69) is 12.1 Å². The number of benzene rings is 1. The molecule has 6 heteroatoms. The number of hydrogen-bond donors (Lipinski definition) is 1. The molecule has 4 rings (SSSR count). The van der Waals surface area contributed by atoms with Crippen molar-refractivity contribution in [3.63, 3.8) is 0 Å². The van der Waals surface area contributed by atoms with Crippen LogP contribution in [0.5, 0.6) is 0 Å². The number of primary amides is 1. The fourth-order valence-electron chi connectivity index (χ4n) is 5.24. The Hall–Kier alpha value is -1.40. The molecule has 1 aliphatic carbocycles. The zero-order valence-corrected chi connectivity index (χ0v) is 15.2. The van der Waals surface area contributed by atoms with Crippen LogP contribution in [0.1, 0.15) is 55.6 Å². The van der Waals surface area contributed by atoms with Crippen LogP contribution < -0.4 is 5.73 Å². The van der Waals surface area contributed by atoms with Crippen molar-refractivity contribution in [2.75, 3.05) is 6.54 Å². The van der Waals surface area contributed by atoms with E-state index in [4.69, 9.17) is 5.73 Å². The number of aryl methyl sites for hydroxylation is 1. The maximum Gasteiger partial charge on any atom is 0.234 e. The van der Waals surface area contributed by atoms with Crippen molar-refractivity contribution in [1.29, 1.82) is 0 Å². The van der Waals surface area contributed by atoms with Crippen molar-refractivity contribution >= 4 is 15.7 Å². The van der Waals surface area contributed by atoms with E-state index in [1.165, 1.54) is 11.1 Å². The highest BCUT2D eigenvalue weighted by Crippen LogP contribution is 2.43. The molecule has 4 atom stereocenters. The second-order valence-electron chi connectivity index (χ2n) is 7.66. The molecule has 3 aliphatic rings. The van der Waals surface area contributed by atoms with Crippen LogP contribution in [0.15, 0.2) is 24.3 Å². The molecule has 2 aliphatic heterocycles. The van der Waals surface area contributed by atoms with Crippen LogP contribution in [0, 0.1) is 0 Å². The summed E-state index contributed by atoms with van der Waals surface area (Å²) < 4.78 is 27.0. The summed E-state index contributed by atoms with van der Waals surface area (Å²) in [5.74, 6) is -0.304. The van der Waals surface area contributed by atoms with E-state index in [9.17, 15) is 13.2 Å². The van der Waals surface area contributed by atoms with E-state index >= 15 is 0 Å². The highest BCUT2D eigenvalue weighted by molar-refractivity contribution is 7.92. The van der Waals surface area contributed by atoms with Crippen LogP contribution in [0.25, 0.3) is 0 Å². The van der Waals surface area contributed by atoms with Crippen LogP contribution in [0.2, 0.25) is 0 Å². The molecular weight excluding hydrogens is 336 g/mol. The van der Waals surface area contributed by atoms with Gasteiger partial charge in [-0.2, -0.15) is 0 Å². The van der Waals surface area contributed by atoms with Gasteiger partial charge >= 0.3 is 0 Å². The lowest BCUT2D eigenvalue weighted by atomic mass is 9.80. The summed E-state index contributed by atoms with van der Waals surface area (Å²) in [5.41, 5.74) is 8.03. The fourth-order valence-corrected chi connectivity index (χ4v) is 7.97. The number of carbonyl (C=O) groups excluding carboxylic acids is 1. The number of carbonyl (C=O) groups is 1. The molecule has 0 radical (unpaired) electrons. The van der Waals surface area contributed by atoms with E-state index < -0.39 is 21.3 Å². The third-order valence-electron chi connectivity index (χ3n) is 6.36. The molecule has 1 amide bonds. The average molecular weight is 362 g/mol. The molecule has 2 heterocycles. The van der Waals surface area contributed by atoms with Crippen LogP contribution in [-0.4, -0.2) is 42.4 Å². The number of sulfone groups is 1. The lowest BCUT2D eigenvalue weighted by molar-refractivity contribution is -0.122. The topological polar surface area (TPSA) is 80.5 Å². The molecule has 1 aromatic rings. The highest BCUT2D eigenvalue weighted by atomic mass is 32.2. The van der Waals surface area contributed by atoms with Crippen LogP contribution in [-0.2, 0) is 21.1 Å². The summed E-state index contributed by atoms with van der Waals surface area (Å²) in [5, 5.41) is -0.873. The van der Waals surface area contributed by atoms with Gasteiger partial charge < -0.3 is 5.73 Å². The van der Waals surface area contributed by atoms with Gasteiger partial charge in [-0.25, -0.2) is 8.42 Å². The number of nitrogens with zero attached hydrogens (tertiary/aromatic N) is 1. The Morgan fingerprint density at radius 3 is 2.68 bits per heavy atom. The van der Waals surface area contributed by atoms with Gasteiger partial charge in [0.1, 0.15) is 5.37 Å². The molecule has 0 bridgehead atoms. The first-order valence-electron chi connectivity index (χ1n) is 9.35. The second-order valence-corrected chi connectivity index (χ2v) is 9.98. The number of hydrogen-bond acceptors (Lipinski definition) is 4. The van der Waals surface area contributed by atoms with Gasteiger partial charge in [-0.1, -0.05) is 24.3 Å². The maximum absolute atomic E-state index is 13.5. The van der Waals surface area contributed by atoms with Gasteiger partial charge in [-0.15, -0.1) is 0 Å². The molecule has 1 aromatic carbocycles. The number of amides is 1. The number of nitrogens with two attached hydrogens (primary N) is 1. The van der Waals surface area contributed by atoms with Crippen molar-refractivity contribution in [2.24, 2.45) is 5.73 Å². The van der Waals surface area contributed by atoms with E-state index in [1.807, 2.05) is 17.0 Å². The third kappa shape index (κ3) is 2.79. The largest absolute Gasteiger partial charge is 0.368 e. The highest BCUT2D eigenvalue weighted by Gasteiger charge is 2.50. The average Bonchev–Trinajstić information content (AvgIpc) is 2.98. The van der Waals surface area contributed by atoms with Gasteiger partial charge in [0.2, 0.25) is 5.91 Å². The summed E-state index contributed by atoms with van der Waals surface area (Å²) in [6.07, 6.45) is 5.61. The minimum Gasteiger partial charge on any atom is -0.368 e. The molecule has 3 unspecified atom stereocenters. The molecule has 25 heavy (non-hydrogen) atoms. The van der Waals surface area contributed by atoms with Gasteiger partial charge in [0.25, 0.3) is 0 Å². The van der Waals surface area contributed by atoms with Crippen LogP contribution in [0.4, 0.5) is 0 Å². The van der Waals surface area contributed by atoms with Gasteiger partial charge in [0.15, 0.2) is 9.84 Å². The molecule has 136 valence electrons. The first-order chi connectivity index (χ1) is 12.0. The quantitative estimate of drug-likeness (QED) is 0.872. The van der Waals surface area contributed by atoms with Crippen molar-refractivity contribution in [3.05, 3.63) is 35.4 Å². The van der Waals surface area contributed by atoms with Crippen molar-refractivity contribution in [1.82, 2.24) is 4.90 Å². The van der Waals surface area contributed by atoms with E-state index in [0.717, 1.165) is 25.7 Å². The monoisotopic (exact) mass is 362 g/mol.